The number of amides is 1. The Morgan fingerprint density at radius 1 is 1.23 bits per heavy atom. The fourth-order valence-electron chi connectivity index (χ4n) is 1.72. The Morgan fingerprint density at radius 3 is 2.68 bits per heavy atom. The second kappa shape index (κ2) is 6.55. The van der Waals surface area contributed by atoms with Crippen LogP contribution in [0.2, 0.25) is 0 Å². The van der Waals surface area contributed by atoms with Crippen molar-refractivity contribution in [2.24, 2.45) is 0 Å². The molecule has 1 aromatic rings. The summed E-state index contributed by atoms with van der Waals surface area (Å²) in [5.41, 5.74) is -0.200. The third kappa shape index (κ3) is 4.54. The van der Waals surface area contributed by atoms with E-state index in [4.69, 9.17) is 18.9 Å². The van der Waals surface area contributed by atoms with E-state index in [2.05, 4.69) is 5.32 Å². The molecule has 1 aliphatic heterocycles. The molecule has 0 spiro atoms. The molecular formula is C15H19NO6. The van der Waals surface area contributed by atoms with Gasteiger partial charge >= 0.3 is 12.1 Å². The van der Waals surface area contributed by atoms with Gasteiger partial charge in [0.15, 0.2) is 11.5 Å². The largest absolute Gasteiger partial charge is 0.460 e. The van der Waals surface area contributed by atoms with Gasteiger partial charge in [0.05, 0.1) is 12.1 Å². The van der Waals surface area contributed by atoms with E-state index in [0.717, 1.165) is 0 Å². The van der Waals surface area contributed by atoms with Gasteiger partial charge in [-0.3, -0.25) is 0 Å². The fraction of sp³-hybridized carbons (Fsp3) is 0.467. The minimum atomic E-state index is -0.562. The zero-order valence-electron chi connectivity index (χ0n) is 12.8. The van der Waals surface area contributed by atoms with Crippen molar-refractivity contribution in [1.82, 2.24) is 5.32 Å². The van der Waals surface area contributed by atoms with E-state index in [1.54, 1.807) is 39.0 Å². The van der Waals surface area contributed by atoms with Crippen LogP contribution in [-0.4, -0.2) is 37.6 Å². The molecule has 7 heteroatoms. The predicted octanol–water partition coefficient (Wildman–Crippen LogP) is 2.10. The van der Waals surface area contributed by atoms with E-state index < -0.39 is 17.7 Å². The van der Waals surface area contributed by atoms with Crippen molar-refractivity contribution >= 4 is 12.1 Å². The highest BCUT2D eigenvalue weighted by molar-refractivity contribution is 5.90. The van der Waals surface area contributed by atoms with E-state index in [0.29, 0.717) is 17.1 Å². The van der Waals surface area contributed by atoms with Crippen molar-refractivity contribution in [3.05, 3.63) is 23.8 Å². The van der Waals surface area contributed by atoms with E-state index in [9.17, 15) is 9.59 Å². The molecule has 0 aliphatic carbocycles. The van der Waals surface area contributed by atoms with Crippen molar-refractivity contribution in [3.63, 3.8) is 0 Å². The Hall–Kier alpha value is -2.44. The molecule has 0 radical (unpaired) electrons. The van der Waals surface area contributed by atoms with Crippen molar-refractivity contribution in [3.8, 4) is 11.5 Å². The van der Waals surface area contributed by atoms with E-state index >= 15 is 0 Å². The molecule has 1 aromatic carbocycles. The topological polar surface area (TPSA) is 83.1 Å². The van der Waals surface area contributed by atoms with Gasteiger partial charge in [-0.1, -0.05) is 0 Å². The highest BCUT2D eigenvalue weighted by Gasteiger charge is 2.18. The first-order valence-electron chi connectivity index (χ1n) is 6.89. The lowest BCUT2D eigenvalue weighted by Gasteiger charge is -2.19. The summed E-state index contributed by atoms with van der Waals surface area (Å²) in [7, 11) is 0. The first-order chi connectivity index (χ1) is 10.3. The Kier molecular flexibility index (Phi) is 4.75. The smallest absolute Gasteiger partial charge is 0.407 e. The third-order valence-electron chi connectivity index (χ3n) is 2.61. The maximum Gasteiger partial charge on any atom is 0.407 e. The van der Waals surface area contributed by atoms with Gasteiger partial charge in [0.1, 0.15) is 12.2 Å². The number of nitrogens with one attached hydrogen (secondary N) is 1. The van der Waals surface area contributed by atoms with Gasteiger partial charge in [0.2, 0.25) is 6.79 Å². The normalized spacial score (nSPS) is 12.7. The Balaban J connectivity index is 1.73. The molecule has 0 aromatic heterocycles. The van der Waals surface area contributed by atoms with Crippen LogP contribution >= 0.6 is 0 Å². The molecule has 22 heavy (non-hydrogen) atoms. The summed E-state index contributed by atoms with van der Waals surface area (Å²) in [4.78, 5) is 23.3. The molecule has 1 amide bonds. The van der Waals surface area contributed by atoms with Crippen LogP contribution in [0.5, 0.6) is 11.5 Å². The van der Waals surface area contributed by atoms with Gasteiger partial charge in [0, 0.05) is 0 Å². The quantitative estimate of drug-likeness (QED) is 0.677. The van der Waals surface area contributed by atoms with Crippen molar-refractivity contribution in [2.75, 3.05) is 19.9 Å². The van der Waals surface area contributed by atoms with Crippen LogP contribution in [0.1, 0.15) is 31.1 Å². The van der Waals surface area contributed by atoms with Crippen LogP contribution < -0.4 is 14.8 Å². The molecule has 120 valence electrons. The van der Waals surface area contributed by atoms with Crippen molar-refractivity contribution < 1.29 is 28.5 Å². The van der Waals surface area contributed by atoms with Gasteiger partial charge in [-0.25, -0.2) is 9.59 Å². The first-order valence-corrected chi connectivity index (χ1v) is 6.89. The van der Waals surface area contributed by atoms with Crippen LogP contribution in [0.15, 0.2) is 18.2 Å². The monoisotopic (exact) mass is 309 g/mol. The summed E-state index contributed by atoms with van der Waals surface area (Å²) >= 11 is 0. The molecule has 0 bridgehead atoms. The Labute approximate surface area is 128 Å². The molecular weight excluding hydrogens is 290 g/mol. The van der Waals surface area contributed by atoms with Crippen LogP contribution in [0.4, 0.5) is 4.79 Å². The summed E-state index contributed by atoms with van der Waals surface area (Å²) in [6.45, 7) is 5.68. The number of hydrogen-bond acceptors (Lipinski definition) is 6. The number of ether oxygens (including phenoxy) is 4. The summed E-state index contributed by atoms with van der Waals surface area (Å²) in [6, 6.07) is 4.81. The SMILES string of the molecule is CC(C)(C)OC(=O)NCCOC(=O)c1ccc2c(c1)OCO2. The average Bonchev–Trinajstić information content (AvgIpc) is 2.88. The second-order valence-corrected chi connectivity index (χ2v) is 5.63. The lowest BCUT2D eigenvalue weighted by molar-refractivity contribution is 0.0433. The van der Waals surface area contributed by atoms with Crippen molar-refractivity contribution in [1.29, 1.82) is 0 Å². The zero-order valence-corrected chi connectivity index (χ0v) is 12.8. The molecule has 0 saturated heterocycles. The number of hydrogen-bond donors (Lipinski definition) is 1. The van der Waals surface area contributed by atoms with Crippen LogP contribution in [0.3, 0.4) is 0 Å². The highest BCUT2D eigenvalue weighted by Crippen LogP contribution is 2.32. The van der Waals surface area contributed by atoms with Gasteiger partial charge in [-0.15, -0.1) is 0 Å². The van der Waals surface area contributed by atoms with E-state index in [1.165, 1.54) is 0 Å². The number of rotatable bonds is 4. The minimum Gasteiger partial charge on any atom is -0.460 e. The summed E-state index contributed by atoms with van der Waals surface area (Å²) in [5.74, 6) is 0.619. The number of alkyl carbamates (subject to hydrolysis) is 1. The summed E-state index contributed by atoms with van der Waals surface area (Å²) in [6.07, 6.45) is -0.549. The Morgan fingerprint density at radius 2 is 1.95 bits per heavy atom. The fourth-order valence-corrected chi connectivity index (χ4v) is 1.72. The second-order valence-electron chi connectivity index (χ2n) is 5.63. The molecule has 0 saturated carbocycles. The van der Waals surface area contributed by atoms with Gasteiger partial charge in [0.25, 0.3) is 0 Å². The molecule has 7 nitrogen and oxygen atoms in total. The lowest BCUT2D eigenvalue weighted by atomic mass is 10.2. The average molecular weight is 309 g/mol. The van der Waals surface area contributed by atoms with Crippen LogP contribution in [0.25, 0.3) is 0 Å². The van der Waals surface area contributed by atoms with Crippen LogP contribution in [0, 0.1) is 0 Å². The standard InChI is InChI=1S/C15H19NO6/c1-15(2,3)22-14(18)16-6-7-19-13(17)10-4-5-11-12(8-10)21-9-20-11/h4-5,8H,6-7,9H2,1-3H3,(H,16,18). The number of carbonyl (C=O) groups excluding carboxylic acids is 2. The number of fused-ring (bicyclic) bond motifs is 1. The Bertz CT molecular complexity index is 564. The molecule has 1 aliphatic rings. The summed E-state index contributed by atoms with van der Waals surface area (Å²) in [5, 5.41) is 2.50. The molecule has 0 atom stereocenters. The maximum atomic E-state index is 11.9. The van der Waals surface area contributed by atoms with Crippen LogP contribution in [-0.2, 0) is 9.47 Å². The van der Waals surface area contributed by atoms with Gasteiger partial charge < -0.3 is 24.3 Å². The minimum absolute atomic E-state index is 0.0481. The maximum absolute atomic E-state index is 11.9. The number of esters is 1. The van der Waals surface area contributed by atoms with Gasteiger partial charge in [-0.05, 0) is 39.0 Å². The van der Waals surface area contributed by atoms with Gasteiger partial charge in [-0.2, -0.15) is 0 Å². The van der Waals surface area contributed by atoms with E-state index in [-0.39, 0.29) is 19.9 Å². The molecule has 1 heterocycles. The molecule has 0 fully saturated rings. The molecule has 1 N–H and O–H groups in total. The summed E-state index contributed by atoms with van der Waals surface area (Å²) < 4.78 is 20.5. The molecule has 2 rings (SSSR count). The van der Waals surface area contributed by atoms with E-state index in [1.807, 2.05) is 0 Å². The zero-order chi connectivity index (χ0) is 16.2. The predicted molar refractivity (Wildman–Crippen MR) is 77.1 cm³/mol. The highest BCUT2D eigenvalue weighted by atomic mass is 16.7. The third-order valence-corrected chi connectivity index (χ3v) is 2.61. The molecule has 0 unspecified atom stereocenters. The number of benzene rings is 1. The number of carbonyl (C=O) groups is 2. The van der Waals surface area contributed by atoms with Crippen molar-refractivity contribution in [2.45, 2.75) is 26.4 Å². The first kappa shape index (κ1) is 15.9. The lowest BCUT2D eigenvalue weighted by Crippen LogP contribution is -2.34.